The molecule has 6 aliphatic carbocycles. The lowest BCUT2D eigenvalue weighted by atomic mass is 9.58. The molecule has 10 unspecified atom stereocenters. The van der Waals surface area contributed by atoms with Crippen LogP contribution in [0.5, 0.6) is 0 Å². The lowest BCUT2D eigenvalue weighted by Gasteiger charge is -2.46. The van der Waals surface area contributed by atoms with Crippen LogP contribution in [0.1, 0.15) is 105 Å². The smallest absolute Gasteiger partial charge is 0.0168 e. The standard InChI is InChI=1S/C30H46/c1-20-5-7-23(8-6-20)17-22(3)19-24-9-10-26-28(24,4)14-13-27-29-15-11-21(2)18-25(29)12-16-30(26,27)29/h5,7-8,20-22,24-27H,6,9-19H2,1-4H3. The second-order valence-electron chi connectivity index (χ2n) is 13.5. The summed E-state index contributed by atoms with van der Waals surface area (Å²) in [7, 11) is 0. The van der Waals surface area contributed by atoms with Gasteiger partial charge in [-0.15, -0.1) is 0 Å². The molecule has 166 valence electrons. The van der Waals surface area contributed by atoms with E-state index in [-0.39, 0.29) is 0 Å². The van der Waals surface area contributed by atoms with Gasteiger partial charge in [0.15, 0.2) is 0 Å². The molecular formula is C30H46. The minimum absolute atomic E-state index is 0.664. The fourth-order valence-corrected chi connectivity index (χ4v) is 11.0. The molecule has 0 aliphatic heterocycles. The van der Waals surface area contributed by atoms with Crippen molar-refractivity contribution in [2.75, 3.05) is 0 Å². The summed E-state index contributed by atoms with van der Waals surface area (Å²) >= 11 is 0. The molecule has 0 bridgehead atoms. The van der Waals surface area contributed by atoms with E-state index in [1.165, 1.54) is 19.3 Å². The van der Waals surface area contributed by atoms with Crippen molar-refractivity contribution in [3.63, 3.8) is 0 Å². The molecule has 6 rings (SSSR count). The third-order valence-electron chi connectivity index (χ3n) is 12.2. The minimum atomic E-state index is 0.664. The molecule has 0 nitrogen and oxygen atoms in total. The monoisotopic (exact) mass is 406 g/mol. The SMILES string of the molecule is CC1C=CC(CC(C)CC2CCC3C2(C)CCC2C45CCC(C)CC4CCC325)=CC1. The first-order chi connectivity index (χ1) is 14.4. The zero-order chi connectivity index (χ0) is 20.7. The van der Waals surface area contributed by atoms with Gasteiger partial charge in [-0.3, -0.25) is 0 Å². The van der Waals surface area contributed by atoms with Gasteiger partial charge in [0.05, 0.1) is 0 Å². The Hall–Kier alpha value is -0.520. The van der Waals surface area contributed by atoms with Gasteiger partial charge in [-0.05, 0) is 128 Å². The molecule has 10 atom stereocenters. The van der Waals surface area contributed by atoms with Gasteiger partial charge in [-0.1, -0.05) is 57.9 Å². The average molecular weight is 407 g/mol. The molecule has 0 saturated heterocycles. The molecule has 0 heteroatoms. The number of hydrogen-bond acceptors (Lipinski definition) is 0. The van der Waals surface area contributed by atoms with E-state index in [9.17, 15) is 0 Å². The average Bonchev–Trinajstić information content (AvgIpc) is 2.93. The van der Waals surface area contributed by atoms with Crippen LogP contribution in [0.4, 0.5) is 0 Å². The van der Waals surface area contributed by atoms with E-state index in [0.29, 0.717) is 5.41 Å². The predicted octanol–water partition coefficient (Wildman–Crippen LogP) is 8.58. The van der Waals surface area contributed by atoms with Crippen LogP contribution in [0, 0.1) is 57.7 Å². The van der Waals surface area contributed by atoms with E-state index in [1.54, 1.807) is 63.4 Å². The summed E-state index contributed by atoms with van der Waals surface area (Å²) in [5, 5.41) is 0. The summed E-state index contributed by atoms with van der Waals surface area (Å²) in [5.74, 6) is 6.94. The maximum atomic E-state index is 2.78. The number of hydrogen-bond donors (Lipinski definition) is 0. The van der Waals surface area contributed by atoms with Gasteiger partial charge in [0.1, 0.15) is 0 Å². The van der Waals surface area contributed by atoms with Crippen molar-refractivity contribution in [3.8, 4) is 0 Å². The highest BCUT2D eigenvalue weighted by molar-refractivity contribution is 5.33. The van der Waals surface area contributed by atoms with Crippen LogP contribution in [-0.2, 0) is 0 Å². The molecule has 6 aliphatic rings. The van der Waals surface area contributed by atoms with Gasteiger partial charge < -0.3 is 0 Å². The van der Waals surface area contributed by atoms with Gasteiger partial charge in [-0.25, -0.2) is 0 Å². The summed E-state index contributed by atoms with van der Waals surface area (Å²) in [4.78, 5) is 0. The van der Waals surface area contributed by atoms with Crippen molar-refractivity contribution < 1.29 is 0 Å². The van der Waals surface area contributed by atoms with Gasteiger partial charge in [0, 0.05) is 0 Å². The number of allylic oxidation sites excluding steroid dienone is 4. The lowest BCUT2D eigenvalue weighted by molar-refractivity contribution is 0.0262. The van der Waals surface area contributed by atoms with Crippen molar-refractivity contribution in [2.24, 2.45) is 57.7 Å². The molecule has 0 aromatic carbocycles. The van der Waals surface area contributed by atoms with Crippen molar-refractivity contribution in [3.05, 3.63) is 23.8 Å². The van der Waals surface area contributed by atoms with Crippen LogP contribution in [0.3, 0.4) is 0 Å². The fourth-order valence-electron chi connectivity index (χ4n) is 11.0. The van der Waals surface area contributed by atoms with E-state index < -0.39 is 0 Å². The molecule has 5 saturated carbocycles. The Labute approximate surface area is 186 Å². The second-order valence-corrected chi connectivity index (χ2v) is 13.5. The summed E-state index contributed by atoms with van der Waals surface area (Å²) in [6, 6.07) is 0. The largest absolute Gasteiger partial charge is 0.0811 e. The van der Waals surface area contributed by atoms with Gasteiger partial charge in [-0.2, -0.15) is 0 Å². The van der Waals surface area contributed by atoms with Crippen molar-refractivity contribution in [2.45, 2.75) is 105 Å². The zero-order valence-electron chi connectivity index (χ0n) is 20.3. The molecule has 5 fully saturated rings. The highest BCUT2D eigenvalue weighted by Crippen LogP contribution is 2.92. The maximum absolute atomic E-state index is 2.78. The Morgan fingerprint density at radius 3 is 2.60 bits per heavy atom. The highest BCUT2D eigenvalue weighted by Gasteiger charge is 2.85. The van der Waals surface area contributed by atoms with Gasteiger partial charge in [0.2, 0.25) is 0 Å². The first-order valence-corrected chi connectivity index (χ1v) is 13.8. The third kappa shape index (κ3) is 2.52. The molecule has 30 heavy (non-hydrogen) atoms. The summed E-state index contributed by atoms with van der Waals surface area (Å²) < 4.78 is 0. The summed E-state index contributed by atoms with van der Waals surface area (Å²) in [6.45, 7) is 10.2. The molecular weight excluding hydrogens is 360 g/mol. The highest BCUT2D eigenvalue weighted by atomic mass is 14.9. The van der Waals surface area contributed by atoms with E-state index in [4.69, 9.17) is 0 Å². The minimum Gasteiger partial charge on any atom is -0.0811 e. The Morgan fingerprint density at radius 1 is 0.967 bits per heavy atom. The van der Waals surface area contributed by atoms with Crippen molar-refractivity contribution in [1.29, 1.82) is 0 Å². The number of rotatable bonds is 4. The van der Waals surface area contributed by atoms with Gasteiger partial charge in [0.25, 0.3) is 0 Å². The molecule has 0 radical (unpaired) electrons. The van der Waals surface area contributed by atoms with Crippen LogP contribution in [0.2, 0.25) is 0 Å². The first kappa shape index (κ1) is 20.1. The maximum Gasteiger partial charge on any atom is -0.0168 e. The first-order valence-electron chi connectivity index (χ1n) is 13.8. The van der Waals surface area contributed by atoms with Crippen molar-refractivity contribution in [1.82, 2.24) is 0 Å². The van der Waals surface area contributed by atoms with E-state index >= 15 is 0 Å². The van der Waals surface area contributed by atoms with Crippen LogP contribution in [0.15, 0.2) is 23.8 Å². The summed E-state index contributed by atoms with van der Waals surface area (Å²) in [6.07, 6.45) is 25.7. The Kier molecular flexibility index (Phi) is 4.52. The fraction of sp³-hybridized carbons (Fsp3) is 0.867. The summed E-state index contributed by atoms with van der Waals surface area (Å²) in [5.41, 5.74) is 3.93. The Balaban J connectivity index is 1.18. The zero-order valence-corrected chi connectivity index (χ0v) is 20.3. The second kappa shape index (κ2) is 6.74. The third-order valence-corrected chi connectivity index (χ3v) is 12.2. The molecule has 2 spiro atoms. The van der Waals surface area contributed by atoms with Crippen LogP contribution in [-0.4, -0.2) is 0 Å². The van der Waals surface area contributed by atoms with Crippen LogP contribution in [0.25, 0.3) is 0 Å². The molecule has 0 aromatic rings. The Bertz CT molecular complexity index is 758. The molecule has 0 N–H and O–H groups in total. The normalized spacial score (nSPS) is 54.6. The van der Waals surface area contributed by atoms with E-state index in [0.717, 1.165) is 52.3 Å². The number of fused-ring (bicyclic) bond motifs is 1. The molecule has 0 heterocycles. The van der Waals surface area contributed by atoms with Crippen LogP contribution >= 0.6 is 0 Å². The van der Waals surface area contributed by atoms with Crippen LogP contribution < -0.4 is 0 Å². The Morgan fingerprint density at radius 2 is 1.80 bits per heavy atom. The van der Waals surface area contributed by atoms with E-state index in [2.05, 4.69) is 45.9 Å². The quantitative estimate of drug-likeness (QED) is 0.438. The van der Waals surface area contributed by atoms with E-state index in [1.807, 2.05) is 0 Å². The predicted molar refractivity (Wildman–Crippen MR) is 127 cm³/mol. The molecule has 0 amide bonds. The topological polar surface area (TPSA) is 0 Å². The molecule has 0 aromatic heterocycles. The van der Waals surface area contributed by atoms with Crippen molar-refractivity contribution >= 4 is 0 Å². The lowest BCUT2D eigenvalue weighted by Crippen LogP contribution is -2.39. The van der Waals surface area contributed by atoms with Gasteiger partial charge >= 0.3 is 0 Å².